The van der Waals surface area contributed by atoms with Gasteiger partial charge in [-0.05, 0) is 89.0 Å². The van der Waals surface area contributed by atoms with Crippen molar-refractivity contribution in [2.24, 2.45) is 0 Å². The maximum absolute atomic E-state index is 12.6. The number of hydrogen-bond acceptors (Lipinski definition) is 5. The predicted octanol–water partition coefficient (Wildman–Crippen LogP) is 6.06. The molecule has 7 nitrogen and oxygen atoms in total. The van der Waals surface area contributed by atoms with Crippen LogP contribution in [0.3, 0.4) is 0 Å². The van der Waals surface area contributed by atoms with Crippen LogP contribution < -0.4 is 20.1 Å². The first kappa shape index (κ1) is 29.8. The molecule has 0 bridgehead atoms. The molecule has 0 fully saturated rings. The molecular weight excluding hydrogens is 586 g/mol. The summed E-state index contributed by atoms with van der Waals surface area (Å²) in [5, 5.41) is 5.64. The van der Waals surface area contributed by atoms with Crippen LogP contribution in [0, 0.1) is 0 Å². The predicted molar refractivity (Wildman–Crippen MR) is 159 cm³/mol. The number of unbranched alkanes of at least 4 members (excludes halogenated alkanes) is 3. The van der Waals surface area contributed by atoms with Crippen LogP contribution in [0.25, 0.3) is 0 Å². The molecule has 3 rings (SSSR count). The van der Waals surface area contributed by atoms with Crippen LogP contribution in [0.15, 0.2) is 82.2 Å². The van der Waals surface area contributed by atoms with Gasteiger partial charge in [-0.1, -0.05) is 56.5 Å². The van der Waals surface area contributed by atoms with Crippen LogP contribution in [-0.2, 0) is 16.4 Å². The monoisotopic (exact) mass is 617 g/mol. The number of halogens is 1. The Balaban J connectivity index is 1.48. The van der Waals surface area contributed by atoms with E-state index in [4.69, 9.17) is 17.0 Å². The van der Waals surface area contributed by atoms with Gasteiger partial charge in [0.2, 0.25) is 10.0 Å². The largest absolute Gasteiger partial charge is 0.492 e. The van der Waals surface area contributed by atoms with E-state index in [0.717, 1.165) is 18.4 Å². The Morgan fingerprint density at radius 3 is 2.39 bits per heavy atom. The lowest BCUT2D eigenvalue weighted by atomic mass is 10.2. The van der Waals surface area contributed by atoms with E-state index in [1.54, 1.807) is 30.3 Å². The Bertz CT molecular complexity index is 1320. The first-order valence-electron chi connectivity index (χ1n) is 12.5. The SMILES string of the molecule is CCCCCCOc1ccc(C(=O)NC(=S)Nc2ccc(S(=O)(=O)NCCc3ccccc3)cc2)cc1Br. The van der Waals surface area contributed by atoms with Crippen molar-refractivity contribution in [2.75, 3.05) is 18.5 Å². The molecule has 0 unspecified atom stereocenters. The summed E-state index contributed by atoms with van der Waals surface area (Å²) in [6.45, 7) is 3.09. The molecule has 202 valence electrons. The number of benzene rings is 3. The second kappa shape index (κ2) is 15.0. The first-order valence-corrected chi connectivity index (χ1v) is 15.2. The van der Waals surface area contributed by atoms with Crippen molar-refractivity contribution < 1.29 is 17.9 Å². The smallest absolute Gasteiger partial charge is 0.257 e. The lowest BCUT2D eigenvalue weighted by Gasteiger charge is -2.12. The normalized spacial score (nSPS) is 11.1. The molecule has 0 aliphatic rings. The fourth-order valence-corrected chi connectivity index (χ4v) is 5.32. The van der Waals surface area contributed by atoms with Gasteiger partial charge in [-0.15, -0.1) is 0 Å². The summed E-state index contributed by atoms with van der Waals surface area (Å²) in [7, 11) is -3.64. The van der Waals surface area contributed by atoms with E-state index >= 15 is 0 Å². The number of anilines is 1. The second-order valence-electron chi connectivity index (χ2n) is 8.62. The van der Waals surface area contributed by atoms with Crippen LogP contribution in [0.5, 0.6) is 5.75 Å². The third-order valence-corrected chi connectivity index (χ3v) is 7.95. The average molecular weight is 619 g/mol. The first-order chi connectivity index (χ1) is 18.3. The summed E-state index contributed by atoms with van der Waals surface area (Å²) in [6.07, 6.45) is 5.07. The van der Waals surface area contributed by atoms with Gasteiger partial charge < -0.3 is 10.1 Å². The Morgan fingerprint density at radius 2 is 1.71 bits per heavy atom. The number of sulfonamides is 1. The number of carbonyl (C=O) groups is 1. The van der Waals surface area contributed by atoms with E-state index in [-0.39, 0.29) is 15.9 Å². The van der Waals surface area contributed by atoms with Crippen molar-refractivity contribution in [3.63, 3.8) is 0 Å². The van der Waals surface area contributed by atoms with Gasteiger partial charge in [0, 0.05) is 17.8 Å². The van der Waals surface area contributed by atoms with E-state index in [9.17, 15) is 13.2 Å². The van der Waals surface area contributed by atoms with Gasteiger partial charge in [-0.3, -0.25) is 10.1 Å². The van der Waals surface area contributed by atoms with Gasteiger partial charge in [0.05, 0.1) is 16.0 Å². The minimum Gasteiger partial charge on any atom is -0.492 e. The molecule has 1 amide bonds. The summed E-state index contributed by atoms with van der Waals surface area (Å²) in [5.74, 6) is 0.308. The van der Waals surface area contributed by atoms with Crippen LogP contribution in [-0.4, -0.2) is 32.6 Å². The molecule has 38 heavy (non-hydrogen) atoms. The highest BCUT2D eigenvalue weighted by Crippen LogP contribution is 2.26. The van der Waals surface area contributed by atoms with Crippen LogP contribution in [0.2, 0.25) is 0 Å². The summed E-state index contributed by atoms with van der Waals surface area (Å²) in [5.41, 5.74) is 2.02. The zero-order valence-corrected chi connectivity index (χ0v) is 24.4. The van der Waals surface area contributed by atoms with Gasteiger partial charge in [-0.2, -0.15) is 0 Å². The number of thiocarbonyl (C=S) groups is 1. The summed E-state index contributed by atoms with van der Waals surface area (Å²) < 4.78 is 34.3. The topological polar surface area (TPSA) is 96.5 Å². The van der Waals surface area contributed by atoms with E-state index in [0.29, 0.717) is 41.0 Å². The highest BCUT2D eigenvalue weighted by Gasteiger charge is 2.14. The fraction of sp³-hybridized carbons (Fsp3) is 0.286. The molecule has 0 saturated heterocycles. The van der Waals surface area contributed by atoms with Crippen LogP contribution in [0.4, 0.5) is 5.69 Å². The Kier molecular flexibility index (Phi) is 11.7. The Labute approximate surface area is 238 Å². The van der Waals surface area contributed by atoms with Crippen LogP contribution in [0.1, 0.15) is 48.5 Å². The van der Waals surface area contributed by atoms with Crippen LogP contribution >= 0.6 is 28.1 Å². The van der Waals surface area contributed by atoms with E-state index in [1.165, 1.54) is 25.0 Å². The number of hydrogen-bond donors (Lipinski definition) is 3. The molecule has 0 spiro atoms. The quantitative estimate of drug-likeness (QED) is 0.159. The van der Waals surface area contributed by atoms with Crippen molar-refractivity contribution >= 4 is 54.9 Å². The summed E-state index contributed by atoms with van der Waals surface area (Å²) in [6, 6.07) is 20.9. The number of ether oxygens (including phenoxy) is 1. The van der Waals surface area contributed by atoms with Crippen molar-refractivity contribution in [1.29, 1.82) is 0 Å². The minimum atomic E-state index is -3.64. The van der Waals surface area contributed by atoms with Crippen molar-refractivity contribution in [2.45, 2.75) is 43.9 Å². The maximum Gasteiger partial charge on any atom is 0.257 e. The zero-order chi connectivity index (χ0) is 27.4. The Morgan fingerprint density at radius 1 is 0.974 bits per heavy atom. The highest BCUT2D eigenvalue weighted by molar-refractivity contribution is 9.10. The van der Waals surface area contributed by atoms with Crippen molar-refractivity contribution in [1.82, 2.24) is 10.0 Å². The van der Waals surface area contributed by atoms with Gasteiger partial charge in [0.1, 0.15) is 5.75 Å². The highest BCUT2D eigenvalue weighted by atomic mass is 79.9. The molecule has 0 heterocycles. The number of amides is 1. The van der Waals surface area contributed by atoms with Crippen molar-refractivity contribution in [3.8, 4) is 5.75 Å². The Hall–Kier alpha value is -2.79. The second-order valence-corrected chi connectivity index (χ2v) is 11.6. The zero-order valence-electron chi connectivity index (χ0n) is 21.2. The molecule has 0 saturated carbocycles. The third kappa shape index (κ3) is 9.50. The van der Waals surface area contributed by atoms with E-state index in [1.807, 2.05) is 30.3 Å². The average Bonchev–Trinajstić information content (AvgIpc) is 2.90. The minimum absolute atomic E-state index is 0.0963. The molecule has 3 aromatic rings. The molecule has 0 aliphatic carbocycles. The summed E-state index contributed by atoms with van der Waals surface area (Å²) in [4.78, 5) is 12.8. The lowest BCUT2D eigenvalue weighted by Crippen LogP contribution is -2.34. The molecular formula is C28H32BrN3O4S2. The molecule has 0 radical (unpaired) electrons. The number of rotatable bonds is 13. The fourth-order valence-electron chi connectivity index (χ4n) is 3.58. The molecule has 10 heteroatoms. The molecule has 0 aliphatic heterocycles. The number of nitrogens with one attached hydrogen (secondary N) is 3. The van der Waals surface area contributed by atoms with Gasteiger partial charge in [0.15, 0.2) is 5.11 Å². The lowest BCUT2D eigenvalue weighted by molar-refractivity contribution is 0.0977. The van der Waals surface area contributed by atoms with E-state index < -0.39 is 10.0 Å². The molecule has 3 N–H and O–H groups in total. The molecule has 3 aromatic carbocycles. The van der Waals surface area contributed by atoms with Crippen molar-refractivity contribution in [3.05, 3.63) is 88.4 Å². The third-order valence-electron chi connectivity index (χ3n) is 5.65. The van der Waals surface area contributed by atoms with E-state index in [2.05, 4.69) is 38.2 Å². The van der Waals surface area contributed by atoms with Gasteiger partial charge >= 0.3 is 0 Å². The summed E-state index contributed by atoms with van der Waals surface area (Å²) >= 11 is 8.72. The standard InChI is InChI=1S/C28H32BrN3O4S2/c1-2-3-4-8-19-36-26-16-11-22(20-25(26)29)27(33)32-28(37)31-23-12-14-24(15-13-23)38(34,35)30-18-17-21-9-6-5-7-10-21/h5-7,9-16,20,30H,2-4,8,17-19H2,1H3,(H2,31,32,33,37). The van der Waals surface area contributed by atoms with Gasteiger partial charge in [0.25, 0.3) is 5.91 Å². The maximum atomic E-state index is 12.6. The molecule has 0 atom stereocenters. The van der Waals surface area contributed by atoms with Gasteiger partial charge in [-0.25, -0.2) is 13.1 Å². The molecule has 0 aromatic heterocycles. The number of carbonyl (C=O) groups excluding carboxylic acids is 1.